The topological polar surface area (TPSA) is 89.5 Å². The summed E-state index contributed by atoms with van der Waals surface area (Å²) in [7, 11) is -3.20. The number of rotatable bonds is 6. The van der Waals surface area contributed by atoms with Gasteiger partial charge in [-0.25, -0.2) is 8.42 Å². The molecule has 124 valence electrons. The van der Waals surface area contributed by atoms with Crippen LogP contribution in [0.1, 0.15) is 12.0 Å². The van der Waals surface area contributed by atoms with Crippen LogP contribution in [0.25, 0.3) is 0 Å². The second-order valence-corrected chi connectivity index (χ2v) is 7.49. The third-order valence-corrected chi connectivity index (χ3v) is 5.06. The van der Waals surface area contributed by atoms with Gasteiger partial charge in [-0.1, -0.05) is 35.9 Å². The summed E-state index contributed by atoms with van der Waals surface area (Å²) >= 11 is 5.96. The first-order valence-corrected chi connectivity index (χ1v) is 9.02. The van der Waals surface area contributed by atoms with E-state index in [1.807, 2.05) is 0 Å². The first-order chi connectivity index (χ1) is 10.9. The van der Waals surface area contributed by atoms with Crippen LogP contribution >= 0.6 is 11.6 Å². The Morgan fingerprint density at radius 3 is 2.70 bits per heavy atom. The predicted octanol–water partition coefficient (Wildman–Crippen LogP) is 1.45. The van der Waals surface area contributed by atoms with Crippen LogP contribution in [0.4, 0.5) is 0 Å². The number of nitrogens with one attached hydrogen (secondary N) is 1. The maximum Gasteiger partial charge on any atom is 0.306 e. The molecule has 0 aromatic heterocycles. The van der Waals surface area contributed by atoms with Gasteiger partial charge in [0.1, 0.15) is 0 Å². The van der Waals surface area contributed by atoms with Gasteiger partial charge in [-0.05, 0) is 11.6 Å². The molecule has 23 heavy (non-hydrogen) atoms. The summed E-state index contributed by atoms with van der Waals surface area (Å²) in [5.74, 6) is -1.54. The fourth-order valence-electron chi connectivity index (χ4n) is 2.07. The molecular weight excluding hydrogens is 342 g/mol. The highest BCUT2D eigenvalue weighted by Crippen LogP contribution is 2.18. The molecule has 1 heterocycles. The zero-order valence-electron chi connectivity index (χ0n) is 12.2. The SMILES string of the molecule is O=C(COC(=O)CC1C=CS(=O)(=O)C1)NCc1ccccc1Cl. The molecule has 1 amide bonds. The number of esters is 1. The minimum absolute atomic E-state index is 0.0620. The Bertz CT molecular complexity index is 729. The van der Waals surface area contributed by atoms with E-state index in [1.165, 1.54) is 6.08 Å². The van der Waals surface area contributed by atoms with Crippen LogP contribution in [0.3, 0.4) is 0 Å². The van der Waals surface area contributed by atoms with Gasteiger partial charge in [0.15, 0.2) is 16.4 Å². The van der Waals surface area contributed by atoms with Crippen LogP contribution in [0.5, 0.6) is 0 Å². The van der Waals surface area contributed by atoms with Gasteiger partial charge < -0.3 is 10.1 Å². The van der Waals surface area contributed by atoms with Gasteiger partial charge in [0.05, 0.1) is 12.2 Å². The van der Waals surface area contributed by atoms with Crippen molar-refractivity contribution < 1.29 is 22.7 Å². The Kier molecular flexibility index (Phi) is 5.79. The zero-order valence-corrected chi connectivity index (χ0v) is 13.8. The summed E-state index contributed by atoms with van der Waals surface area (Å²) in [6.07, 6.45) is 1.40. The Morgan fingerprint density at radius 2 is 2.04 bits per heavy atom. The molecule has 8 heteroatoms. The zero-order chi connectivity index (χ0) is 16.9. The summed E-state index contributed by atoms with van der Waals surface area (Å²) in [4.78, 5) is 23.2. The molecule has 0 aliphatic carbocycles. The number of hydrogen-bond acceptors (Lipinski definition) is 5. The van der Waals surface area contributed by atoms with Crippen molar-refractivity contribution in [3.63, 3.8) is 0 Å². The van der Waals surface area contributed by atoms with Crippen LogP contribution in [-0.4, -0.2) is 32.7 Å². The molecule has 1 aromatic carbocycles. The van der Waals surface area contributed by atoms with Crippen molar-refractivity contribution >= 4 is 33.3 Å². The fraction of sp³-hybridized carbons (Fsp3) is 0.333. The third-order valence-electron chi connectivity index (χ3n) is 3.23. The minimum atomic E-state index is -3.20. The normalized spacial score (nSPS) is 18.6. The number of sulfone groups is 1. The van der Waals surface area contributed by atoms with Gasteiger partial charge in [-0.15, -0.1) is 0 Å². The summed E-state index contributed by atoms with van der Waals surface area (Å²) in [5, 5.41) is 4.23. The van der Waals surface area contributed by atoms with Crippen molar-refractivity contribution in [1.82, 2.24) is 5.32 Å². The Hall–Kier alpha value is -1.86. The molecule has 0 spiro atoms. The molecule has 1 unspecified atom stereocenters. The van der Waals surface area contributed by atoms with E-state index in [1.54, 1.807) is 24.3 Å². The highest BCUT2D eigenvalue weighted by atomic mass is 35.5. The number of benzene rings is 1. The minimum Gasteiger partial charge on any atom is -0.456 e. The van der Waals surface area contributed by atoms with Crippen molar-refractivity contribution in [3.8, 4) is 0 Å². The number of carbonyl (C=O) groups excluding carboxylic acids is 2. The number of carbonyl (C=O) groups is 2. The molecule has 1 aromatic rings. The van der Waals surface area contributed by atoms with E-state index in [-0.39, 0.29) is 18.7 Å². The first-order valence-electron chi connectivity index (χ1n) is 6.92. The molecule has 6 nitrogen and oxygen atoms in total. The van der Waals surface area contributed by atoms with Crippen molar-refractivity contribution in [2.75, 3.05) is 12.4 Å². The lowest BCUT2D eigenvalue weighted by atomic mass is 10.1. The maximum absolute atomic E-state index is 11.6. The number of halogens is 1. The smallest absolute Gasteiger partial charge is 0.306 e. The molecule has 0 saturated carbocycles. The molecule has 0 fully saturated rings. The van der Waals surface area contributed by atoms with Crippen LogP contribution in [0.15, 0.2) is 35.7 Å². The van der Waals surface area contributed by atoms with E-state index in [2.05, 4.69) is 5.32 Å². The summed E-state index contributed by atoms with van der Waals surface area (Å²) in [6.45, 7) is -0.174. The van der Waals surface area contributed by atoms with E-state index >= 15 is 0 Å². The van der Waals surface area contributed by atoms with E-state index in [0.717, 1.165) is 11.0 Å². The fourth-order valence-corrected chi connectivity index (χ4v) is 3.67. The highest BCUT2D eigenvalue weighted by Gasteiger charge is 2.24. The number of ether oxygens (including phenoxy) is 1. The lowest BCUT2D eigenvalue weighted by molar-refractivity contribution is -0.149. The van der Waals surface area contributed by atoms with Crippen LogP contribution in [0, 0.1) is 5.92 Å². The second kappa shape index (κ2) is 7.61. The standard InChI is InChI=1S/C15H16ClNO5S/c16-13-4-2-1-3-12(13)8-17-14(18)9-22-15(19)7-11-5-6-23(20,21)10-11/h1-6,11H,7-10H2,(H,17,18). The molecule has 1 atom stereocenters. The average Bonchev–Trinajstić information content (AvgIpc) is 2.83. The van der Waals surface area contributed by atoms with Gasteiger partial charge in [0.2, 0.25) is 0 Å². The van der Waals surface area contributed by atoms with Gasteiger partial charge in [-0.2, -0.15) is 0 Å². The molecule has 0 saturated heterocycles. The van der Waals surface area contributed by atoms with E-state index in [9.17, 15) is 18.0 Å². The predicted molar refractivity (Wildman–Crippen MR) is 85.3 cm³/mol. The van der Waals surface area contributed by atoms with Crippen molar-refractivity contribution in [3.05, 3.63) is 46.3 Å². The molecule has 1 aliphatic heterocycles. The third kappa shape index (κ3) is 5.69. The van der Waals surface area contributed by atoms with Gasteiger partial charge >= 0.3 is 5.97 Å². The number of amides is 1. The molecule has 0 bridgehead atoms. The number of hydrogen-bond donors (Lipinski definition) is 1. The average molecular weight is 358 g/mol. The lowest BCUT2D eigenvalue weighted by Gasteiger charge is -2.09. The van der Waals surface area contributed by atoms with Crippen LogP contribution in [0.2, 0.25) is 5.02 Å². The van der Waals surface area contributed by atoms with E-state index in [0.29, 0.717) is 5.02 Å². The largest absolute Gasteiger partial charge is 0.456 e. The quantitative estimate of drug-likeness (QED) is 0.778. The lowest BCUT2D eigenvalue weighted by Crippen LogP contribution is -2.28. The monoisotopic (exact) mass is 357 g/mol. The van der Waals surface area contributed by atoms with Crippen LogP contribution in [-0.2, 0) is 30.7 Å². The van der Waals surface area contributed by atoms with E-state index in [4.69, 9.17) is 16.3 Å². The van der Waals surface area contributed by atoms with Crippen molar-refractivity contribution in [1.29, 1.82) is 0 Å². The Labute approximate surface area is 139 Å². The number of allylic oxidation sites excluding steroid dienone is 1. The van der Waals surface area contributed by atoms with Crippen LogP contribution < -0.4 is 5.32 Å². The van der Waals surface area contributed by atoms with Crippen molar-refractivity contribution in [2.24, 2.45) is 5.92 Å². The molecular formula is C15H16ClNO5S. The molecule has 2 rings (SSSR count). The van der Waals surface area contributed by atoms with E-state index < -0.39 is 34.2 Å². The summed E-state index contributed by atoms with van der Waals surface area (Å²) < 4.78 is 27.3. The van der Waals surface area contributed by atoms with Gasteiger partial charge in [0, 0.05) is 22.9 Å². The summed E-state index contributed by atoms with van der Waals surface area (Å²) in [5.41, 5.74) is 0.759. The highest BCUT2D eigenvalue weighted by molar-refractivity contribution is 7.94. The van der Waals surface area contributed by atoms with Gasteiger partial charge in [-0.3, -0.25) is 9.59 Å². The first kappa shape index (κ1) is 17.5. The molecule has 1 N–H and O–H groups in total. The second-order valence-electron chi connectivity index (χ2n) is 5.15. The molecule has 1 aliphatic rings. The Morgan fingerprint density at radius 1 is 1.30 bits per heavy atom. The molecule has 0 radical (unpaired) electrons. The Balaban J connectivity index is 1.69. The summed E-state index contributed by atoms with van der Waals surface area (Å²) in [6, 6.07) is 7.08. The van der Waals surface area contributed by atoms with Crippen molar-refractivity contribution in [2.45, 2.75) is 13.0 Å². The van der Waals surface area contributed by atoms with Gasteiger partial charge in [0.25, 0.3) is 5.91 Å². The maximum atomic E-state index is 11.6.